The molecule has 3 aromatic heterocycles. The van der Waals surface area contributed by atoms with E-state index >= 15 is 0 Å². The standard InChI is InChI=1S/C25H29N5OS2.ClH/c1-5-11-29-12-10-17-21(14-29)33-25(22(17)24-26-18-8-6-7-9-20(18)32-24)27-23(31)19-13-16(4)28-30(19)15(2)3;/h6-9,13,15H,5,10-12,14H2,1-4H3,(H,27,31);1H. The molecule has 34 heavy (non-hydrogen) atoms. The molecule has 1 aromatic carbocycles. The largest absolute Gasteiger partial charge is 0.312 e. The molecule has 1 aliphatic rings. The van der Waals surface area contributed by atoms with E-state index in [1.807, 2.05) is 39.0 Å². The van der Waals surface area contributed by atoms with Gasteiger partial charge in [0.1, 0.15) is 15.7 Å². The number of rotatable bonds is 6. The van der Waals surface area contributed by atoms with Crippen molar-refractivity contribution in [1.82, 2.24) is 19.7 Å². The minimum atomic E-state index is -0.115. The molecule has 9 heteroatoms. The van der Waals surface area contributed by atoms with Crippen LogP contribution in [0.4, 0.5) is 5.00 Å². The summed E-state index contributed by atoms with van der Waals surface area (Å²) in [5, 5.41) is 9.66. The molecule has 0 radical (unpaired) electrons. The average molecular weight is 516 g/mol. The fourth-order valence-corrected chi connectivity index (χ4v) is 6.90. The van der Waals surface area contributed by atoms with Crippen molar-refractivity contribution < 1.29 is 4.79 Å². The molecule has 4 aromatic rings. The molecule has 0 saturated heterocycles. The van der Waals surface area contributed by atoms with Crippen LogP contribution in [0.1, 0.15) is 59.9 Å². The SMILES string of the molecule is CCCN1CCc2c(sc(NC(=O)c3cc(C)nn3C(C)C)c2-c2nc3ccccc3s2)C1.Cl. The highest BCUT2D eigenvalue weighted by Gasteiger charge is 2.28. The van der Waals surface area contributed by atoms with Gasteiger partial charge in [-0.2, -0.15) is 5.10 Å². The summed E-state index contributed by atoms with van der Waals surface area (Å²) in [4.78, 5) is 22.2. The first kappa shape index (κ1) is 24.9. The van der Waals surface area contributed by atoms with Crippen molar-refractivity contribution in [3.8, 4) is 10.6 Å². The Morgan fingerprint density at radius 3 is 2.76 bits per heavy atom. The third-order valence-corrected chi connectivity index (χ3v) is 8.18. The second-order valence-corrected chi connectivity index (χ2v) is 11.0. The van der Waals surface area contributed by atoms with Gasteiger partial charge < -0.3 is 5.32 Å². The van der Waals surface area contributed by atoms with Gasteiger partial charge in [-0.25, -0.2) is 4.98 Å². The lowest BCUT2D eigenvalue weighted by atomic mass is 10.0. The maximum absolute atomic E-state index is 13.4. The van der Waals surface area contributed by atoms with Crippen molar-refractivity contribution in [1.29, 1.82) is 0 Å². The molecule has 0 bridgehead atoms. The van der Waals surface area contributed by atoms with Gasteiger partial charge in [0.15, 0.2) is 0 Å². The molecule has 1 aliphatic heterocycles. The van der Waals surface area contributed by atoms with E-state index in [-0.39, 0.29) is 24.4 Å². The Bertz CT molecular complexity index is 1290. The molecule has 1 N–H and O–H groups in total. The minimum absolute atomic E-state index is 0. The van der Waals surface area contributed by atoms with Crippen LogP contribution < -0.4 is 5.32 Å². The highest BCUT2D eigenvalue weighted by molar-refractivity contribution is 7.23. The Balaban J connectivity index is 0.00000274. The summed E-state index contributed by atoms with van der Waals surface area (Å²) < 4.78 is 2.97. The molecule has 0 spiro atoms. The average Bonchev–Trinajstić information content (AvgIpc) is 3.47. The Morgan fingerprint density at radius 2 is 2.03 bits per heavy atom. The Kier molecular flexibility index (Phi) is 7.42. The van der Waals surface area contributed by atoms with E-state index in [0.717, 1.165) is 59.3 Å². The Labute approximate surface area is 214 Å². The summed E-state index contributed by atoms with van der Waals surface area (Å²) in [6.07, 6.45) is 2.13. The molecule has 5 rings (SSSR count). The number of aromatic nitrogens is 3. The number of fused-ring (bicyclic) bond motifs is 2. The van der Waals surface area contributed by atoms with Gasteiger partial charge in [0.05, 0.1) is 15.9 Å². The van der Waals surface area contributed by atoms with E-state index in [2.05, 4.69) is 34.4 Å². The number of benzene rings is 1. The number of amides is 1. The quantitative estimate of drug-likeness (QED) is 0.316. The highest BCUT2D eigenvalue weighted by atomic mass is 35.5. The van der Waals surface area contributed by atoms with Crippen LogP contribution in [-0.2, 0) is 13.0 Å². The zero-order chi connectivity index (χ0) is 23.1. The number of nitrogens with one attached hydrogen (secondary N) is 1. The predicted molar refractivity (Wildman–Crippen MR) is 145 cm³/mol. The fourth-order valence-electron chi connectivity index (χ4n) is 4.50. The van der Waals surface area contributed by atoms with Gasteiger partial charge in [-0.15, -0.1) is 35.1 Å². The number of halogens is 1. The van der Waals surface area contributed by atoms with Crippen LogP contribution in [-0.4, -0.2) is 38.7 Å². The number of carbonyl (C=O) groups excluding carboxylic acids is 1. The maximum atomic E-state index is 13.4. The number of hydrogen-bond donors (Lipinski definition) is 1. The second-order valence-electron chi connectivity index (χ2n) is 8.88. The van der Waals surface area contributed by atoms with Crippen LogP contribution in [0.15, 0.2) is 30.3 Å². The van der Waals surface area contributed by atoms with E-state index in [4.69, 9.17) is 4.98 Å². The van der Waals surface area contributed by atoms with Crippen LogP contribution in [0.3, 0.4) is 0 Å². The van der Waals surface area contributed by atoms with Gasteiger partial charge in [-0.3, -0.25) is 14.4 Å². The van der Waals surface area contributed by atoms with Crippen molar-refractivity contribution in [2.75, 3.05) is 18.4 Å². The summed E-state index contributed by atoms with van der Waals surface area (Å²) in [5.41, 5.74) is 4.90. The van der Waals surface area contributed by atoms with E-state index in [9.17, 15) is 4.79 Å². The van der Waals surface area contributed by atoms with Gasteiger partial charge in [0.2, 0.25) is 0 Å². The van der Waals surface area contributed by atoms with Crippen LogP contribution in [0.25, 0.3) is 20.8 Å². The molecule has 0 unspecified atom stereocenters. The molecule has 0 saturated carbocycles. The zero-order valence-corrected chi connectivity index (χ0v) is 22.4. The lowest BCUT2D eigenvalue weighted by molar-refractivity contribution is 0.101. The van der Waals surface area contributed by atoms with Crippen molar-refractivity contribution in [3.63, 3.8) is 0 Å². The van der Waals surface area contributed by atoms with E-state index in [1.54, 1.807) is 27.4 Å². The first-order valence-electron chi connectivity index (χ1n) is 11.5. The summed E-state index contributed by atoms with van der Waals surface area (Å²) >= 11 is 3.40. The van der Waals surface area contributed by atoms with Crippen molar-refractivity contribution in [2.45, 2.75) is 53.1 Å². The third kappa shape index (κ3) is 4.64. The van der Waals surface area contributed by atoms with Gasteiger partial charge >= 0.3 is 0 Å². The molecule has 0 atom stereocenters. The second kappa shape index (κ2) is 10.2. The smallest absolute Gasteiger partial charge is 0.274 e. The Hall–Kier alpha value is -2.26. The fraction of sp³-hybridized carbons (Fsp3) is 0.400. The molecular formula is C25H30ClN5OS2. The molecule has 180 valence electrons. The van der Waals surface area contributed by atoms with Gasteiger partial charge in [-0.1, -0.05) is 19.1 Å². The van der Waals surface area contributed by atoms with Crippen molar-refractivity contribution in [3.05, 3.63) is 52.2 Å². The van der Waals surface area contributed by atoms with E-state index < -0.39 is 0 Å². The topological polar surface area (TPSA) is 63.1 Å². The van der Waals surface area contributed by atoms with E-state index in [0.29, 0.717) is 5.69 Å². The number of aryl methyl sites for hydroxylation is 1. The first-order chi connectivity index (χ1) is 15.9. The summed E-state index contributed by atoms with van der Waals surface area (Å²) in [5.74, 6) is -0.115. The molecule has 0 aliphatic carbocycles. The normalized spacial score (nSPS) is 13.8. The summed E-state index contributed by atoms with van der Waals surface area (Å²) in [6, 6.07) is 10.2. The number of nitrogens with zero attached hydrogens (tertiary/aromatic N) is 4. The zero-order valence-electron chi connectivity index (χ0n) is 19.9. The third-order valence-electron chi connectivity index (χ3n) is 5.99. The monoisotopic (exact) mass is 515 g/mol. The number of anilines is 1. The number of carbonyl (C=O) groups is 1. The molecule has 4 heterocycles. The summed E-state index contributed by atoms with van der Waals surface area (Å²) in [7, 11) is 0. The van der Waals surface area contributed by atoms with Crippen LogP contribution in [0.5, 0.6) is 0 Å². The molecule has 0 fully saturated rings. The number of para-hydroxylation sites is 1. The van der Waals surface area contributed by atoms with Crippen molar-refractivity contribution >= 4 is 56.2 Å². The van der Waals surface area contributed by atoms with Crippen LogP contribution in [0.2, 0.25) is 0 Å². The lowest BCUT2D eigenvalue weighted by Gasteiger charge is -2.26. The predicted octanol–water partition coefficient (Wildman–Crippen LogP) is 6.55. The number of thiazole rings is 1. The highest BCUT2D eigenvalue weighted by Crippen LogP contribution is 2.45. The molecular weight excluding hydrogens is 486 g/mol. The lowest BCUT2D eigenvalue weighted by Crippen LogP contribution is -2.30. The molecule has 1 amide bonds. The van der Waals surface area contributed by atoms with Gasteiger partial charge in [-0.05, 0) is 63.9 Å². The molecule has 6 nitrogen and oxygen atoms in total. The maximum Gasteiger partial charge on any atom is 0.274 e. The number of thiophene rings is 1. The minimum Gasteiger partial charge on any atom is -0.312 e. The van der Waals surface area contributed by atoms with Gasteiger partial charge in [0.25, 0.3) is 5.91 Å². The summed E-state index contributed by atoms with van der Waals surface area (Å²) in [6.45, 7) is 11.3. The van der Waals surface area contributed by atoms with Crippen LogP contribution in [0, 0.1) is 6.92 Å². The Morgan fingerprint density at radius 1 is 1.24 bits per heavy atom. The first-order valence-corrected chi connectivity index (χ1v) is 13.2. The van der Waals surface area contributed by atoms with Crippen LogP contribution >= 0.6 is 35.1 Å². The van der Waals surface area contributed by atoms with E-state index in [1.165, 1.54) is 15.1 Å². The number of hydrogen-bond acceptors (Lipinski definition) is 6. The van der Waals surface area contributed by atoms with Crippen molar-refractivity contribution in [2.24, 2.45) is 0 Å². The van der Waals surface area contributed by atoms with Gasteiger partial charge in [0, 0.05) is 29.6 Å².